The van der Waals surface area contributed by atoms with E-state index in [1.54, 1.807) is 16.7 Å². The molecule has 0 radical (unpaired) electrons. The fraction of sp³-hybridized carbons (Fsp3) is 0.818. The van der Waals surface area contributed by atoms with Crippen molar-refractivity contribution >= 4 is 23.8 Å². The molecule has 1 fully saturated rings. The Morgan fingerprint density at radius 3 is 2.82 bits per heavy atom. The Kier molecular flexibility index (Phi) is 5.61. The van der Waals surface area contributed by atoms with E-state index in [1.807, 2.05) is 13.8 Å². The van der Waals surface area contributed by atoms with Gasteiger partial charge < -0.3 is 14.7 Å². The third kappa shape index (κ3) is 4.85. The summed E-state index contributed by atoms with van der Waals surface area (Å²) in [5, 5.41) is 8.80. The zero-order valence-electron chi connectivity index (χ0n) is 10.2. The maximum Gasteiger partial charge on any atom is 0.410 e. The normalized spacial score (nSPS) is 20.4. The summed E-state index contributed by atoms with van der Waals surface area (Å²) in [6.45, 7) is 4.88. The van der Waals surface area contributed by atoms with Gasteiger partial charge in [-0.1, -0.05) is 13.8 Å². The number of rotatable bonds is 4. The second kappa shape index (κ2) is 6.74. The molecular weight excluding hydrogens is 242 g/mol. The summed E-state index contributed by atoms with van der Waals surface area (Å²) in [5.41, 5.74) is 0. The molecule has 0 saturated carbocycles. The lowest BCUT2D eigenvalue weighted by molar-refractivity contribution is -0.138. The number of hydrogen-bond donors (Lipinski definition) is 1. The average Bonchev–Trinajstić information content (AvgIpc) is 2.25. The van der Waals surface area contributed by atoms with Gasteiger partial charge in [0.25, 0.3) is 0 Å². The predicted octanol–water partition coefficient (Wildman–Crippen LogP) is 1.67. The summed E-state index contributed by atoms with van der Waals surface area (Å²) in [4.78, 5) is 24.1. The first kappa shape index (κ1) is 14.2. The fourth-order valence-electron chi connectivity index (χ4n) is 1.59. The van der Waals surface area contributed by atoms with Crippen LogP contribution in [0.3, 0.4) is 0 Å². The van der Waals surface area contributed by atoms with Crippen molar-refractivity contribution in [3.8, 4) is 0 Å². The van der Waals surface area contributed by atoms with Crippen LogP contribution >= 0.6 is 11.8 Å². The SMILES string of the molecule is CC(C)COC(=O)N1CCSCC1CC(=O)O. The van der Waals surface area contributed by atoms with E-state index >= 15 is 0 Å². The van der Waals surface area contributed by atoms with Gasteiger partial charge in [-0.25, -0.2) is 4.79 Å². The standard InChI is InChI=1S/C11H19NO4S/c1-8(2)6-16-11(15)12-3-4-17-7-9(12)5-10(13)14/h8-9H,3-7H2,1-2H3,(H,13,14). The van der Waals surface area contributed by atoms with Gasteiger partial charge in [0, 0.05) is 18.1 Å². The molecule has 1 aliphatic rings. The molecule has 1 unspecified atom stereocenters. The lowest BCUT2D eigenvalue weighted by Crippen LogP contribution is -2.47. The summed E-state index contributed by atoms with van der Waals surface area (Å²) in [6, 6.07) is -0.245. The number of ether oxygens (including phenoxy) is 1. The molecule has 1 N–H and O–H groups in total. The molecule has 0 aromatic heterocycles. The molecule has 0 aliphatic carbocycles. The first-order chi connectivity index (χ1) is 8.00. The number of carbonyl (C=O) groups excluding carboxylic acids is 1. The third-order valence-electron chi connectivity index (χ3n) is 2.41. The van der Waals surface area contributed by atoms with Crippen molar-refractivity contribution in [1.29, 1.82) is 0 Å². The quantitative estimate of drug-likeness (QED) is 0.834. The second-order valence-electron chi connectivity index (χ2n) is 4.49. The number of carboxylic acid groups (broad SMARTS) is 1. The largest absolute Gasteiger partial charge is 0.481 e. The minimum absolute atomic E-state index is 0.0101. The van der Waals surface area contributed by atoms with E-state index in [1.165, 1.54) is 0 Å². The number of aliphatic carboxylic acids is 1. The Morgan fingerprint density at radius 1 is 1.53 bits per heavy atom. The summed E-state index contributed by atoms with van der Waals surface area (Å²) < 4.78 is 5.14. The van der Waals surface area contributed by atoms with Crippen molar-refractivity contribution < 1.29 is 19.4 Å². The summed E-state index contributed by atoms with van der Waals surface area (Å²) >= 11 is 1.68. The molecule has 0 aromatic rings. The highest BCUT2D eigenvalue weighted by atomic mass is 32.2. The van der Waals surface area contributed by atoms with Gasteiger partial charge in [-0.05, 0) is 5.92 Å². The first-order valence-corrected chi connectivity index (χ1v) is 6.89. The summed E-state index contributed by atoms with van der Waals surface area (Å²) in [7, 11) is 0. The smallest absolute Gasteiger partial charge is 0.410 e. The Morgan fingerprint density at radius 2 is 2.24 bits per heavy atom. The molecule has 98 valence electrons. The molecule has 1 aliphatic heterocycles. The Balaban J connectivity index is 2.51. The number of carbonyl (C=O) groups is 2. The van der Waals surface area contributed by atoms with E-state index in [4.69, 9.17) is 9.84 Å². The predicted molar refractivity (Wildman–Crippen MR) is 66.3 cm³/mol. The van der Waals surface area contributed by atoms with Crippen molar-refractivity contribution in [3.05, 3.63) is 0 Å². The van der Waals surface area contributed by atoms with Gasteiger partial charge in [0.1, 0.15) is 0 Å². The molecule has 1 heterocycles. The molecule has 0 aromatic carbocycles. The van der Waals surface area contributed by atoms with E-state index in [2.05, 4.69) is 0 Å². The van der Waals surface area contributed by atoms with Crippen molar-refractivity contribution in [2.45, 2.75) is 26.3 Å². The lowest BCUT2D eigenvalue weighted by Gasteiger charge is -2.33. The highest BCUT2D eigenvalue weighted by Crippen LogP contribution is 2.20. The molecule has 0 spiro atoms. The minimum Gasteiger partial charge on any atom is -0.481 e. The minimum atomic E-state index is -0.876. The average molecular weight is 261 g/mol. The number of hydrogen-bond acceptors (Lipinski definition) is 4. The van der Waals surface area contributed by atoms with Crippen molar-refractivity contribution in [1.82, 2.24) is 4.90 Å². The van der Waals surface area contributed by atoms with Crippen LogP contribution in [0.2, 0.25) is 0 Å². The van der Waals surface area contributed by atoms with Crippen LogP contribution in [0.25, 0.3) is 0 Å². The molecule has 6 heteroatoms. The fourth-order valence-corrected chi connectivity index (χ4v) is 2.65. The first-order valence-electron chi connectivity index (χ1n) is 5.73. The molecule has 1 rings (SSSR count). The van der Waals surface area contributed by atoms with Crippen LogP contribution in [0, 0.1) is 5.92 Å². The Hall–Kier alpha value is -0.910. The zero-order chi connectivity index (χ0) is 12.8. The highest BCUT2D eigenvalue weighted by Gasteiger charge is 2.29. The Labute approximate surface area is 105 Å². The van der Waals surface area contributed by atoms with Gasteiger partial charge in [-0.3, -0.25) is 4.79 Å². The van der Waals surface area contributed by atoms with Gasteiger partial charge in [0.05, 0.1) is 19.1 Å². The van der Waals surface area contributed by atoms with Gasteiger partial charge in [0.15, 0.2) is 0 Å². The van der Waals surface area contributed by atoms with E-state index in [-0.39, 0.29) is 24.5 Å². The maximum absolute atomic E-state index is 11.8. The molecular formula is C11H19NO4S. The van der Waals surface area contributed by atoms with Crippen LogP contribution in [0.4, 0.5) is 4.79 Å². The van der Waals surface area contributed by atoms with E-state index in [0.29, 0.717) is 18.9 Å². The van der Waals surface area contributed by atoms with Crippen LogP contribution in [0.5, 0.6) is 0 Å². The van der Waals surface area contributed by atoms with Crippen molar-refractivity contribution in [3.63, 3.8) is 0 Å². The van der Waals surface area contributed by atoms with Crippen LogP contribution in [-0.2, 0) is 9.53 Å². The third-order valence-corrected chi connectivity index (χ3v) is 3.50. The van der Waals surface area contributed by atoms with Crippen LogP contribution in [0.1, 0.15) is 20.3 Å². The topological polar surface area (TPSA) is 66.8 Å². The number of thioether (sulfide) groups is 1. The second-order valence-corrected chi connectivity index (χ2v) is 5.64. The van der Waals surface area contributed by atoms with Crippen LogP contribution < -0.4 is 0 Å². The Bertz CT molecular complexity index is 283. The molecule has 1 amide bonds. The summed E-state index contributed by atoms with van der Waals surface area (Å²) in [6.07, 6.45) is -0.394. The number of amides is 1. The monoisotopic (exact) mass is 261 g/mol. The zero-order valence-corrected chi connectivity index (χ0v) is 11.0. The van der Waals surface area contributed by atoms with Gasteiger partial charge in [-0.2, -0.15) is 11.8 Å². The van der Waals surface area contributed by atoms with E-state index < -0.39 is 5.97 Å². The number of carboxylic acids is 1. The van der Waals surface area contributed by atoms with Crippen molar-refractivity contribution in [2.24, 2.45) is 5.92 Å². The van der Waals surface area contributed by atoms with Gasteiger partial charge >= 0.3 is 12.1 Å². The van der Waals surface area contributed by atoms with Crippen molar-refractivity contribution in [2.75, 3.05) is 24.7 Å². The van der Waals surface area contributed by atoms with Gasteiger partial charge in [0.2, 0.25) is 0 Å². The molecule has 1 saturated heterocycles. The van der Waals surface area contributed by atoms with Gasteiger partial charge in [-0.15, -0.1) is 0 Å². The van der Waals surface area contributed by atoms with Crippen LogP contribution in [0.15, 0.2) is 0 Å². The van der Waals surface area contributed by atoms with Crippen LogP contribution in [-0.4, -0.2) is 52.8 Å². The molecule has 1 atom stereocenters. The highest BCUT2D eigenvalue weighted by molar-refractivity contribution is 7.99. The molecule has 5 nitrogen and oxygen atoms in total. The maximum atomic E-state index is 11.8. The lowest BCUT2D eigenvalue weighted by atomic mass is 10.2. The summed E-state index contributed by atoms with van der Waals surface area (Å²) in [5.74, 6) is 0.922. The molecule has 0 bridgehead atoms. The molecule has 17 heavy (non-hydrogen) atoms. The number of nitrogens with zero attached hydrogens (tertiary/aromatic N) is 1. The van der Waals surface area contributed by atoms with E-state index in [0.717, 1.165) is 5.75 Å². The van der Waals surface area contributed by atoms with E-state index in [9.17, 15) is 9.59 Å².